The number of aliphatic hydroxyl groups excluding tert-OH is 1. The average molecular weight is 688 g/mol. The fourth-order valence-corrected chi connectivity index (χ4v) is 6.00. The molecule has 0 radical (unpaired) electrons. The molecule has 0 bridgehead atoms. The largest absolute Gasteiger partial charge is 0.472 e. The highest BCUT2D eigenvalue weighted by Gasteiger charge is 2.27. The topological polar surface area (TPSA) is 105 Å². The molecule has 3 N–H and O–H groups in total. The number of carbonyl (C=O) groups is 1. The summed E-state index contributed by atoms with van der Waals surface area (Å²) in [6, 6.07) is -0.842. The Morgan fingerprint density at radius 1 is 0.702 bits per heavy atom. The van der Waals surface area contributed by atoms with E-state index in [1.807, 2.05) is 27.2 Å². The predicted molar refractivity (Wildman–Crippen MR) is 198 cm³/mol. The van der Waals surface area contributed by atoms with Crippen LogP contribution in [-0.4, -0.2) is 73.4 Å². The van der Waals surface area contributed by atoms with Crippen molar-refractivity contribution in [1.29, 1.82) is 0 Å². The quantitative estimate of drug-likeness (QED) is 0.0269. The second kappa shape index (κ2) is 31.0. The summed E-state index contributed by atoms with van der Waals surface area (Å²) in [5.74, 6) is -0.187. The van der Waals surface area contributed by atoms with E-state index in [0.717, 1.165) is 38.5 Å². The van der Waals surface area contributed by atoms with Gasteiger partial charge in [-0.3, -0.25) is 13.8 Å². The van der Waals surface area contributed by atoms with Crippen LogP contribution in [0.2, 0.25) is 0 Å². The Labute approximate surface area is 290 Å². The van der Waals surface area contributed by atoms with E-state index < -0.39 is 20.0 Å². The third-order valence-electron chi connectivity index (χ3n) is 8.42. The lowest BCUT2D eigenvalue weighted by atomic mass is 10.1. The van der Waals surface area contributed by atoms with E-state index in [0.29, 0.717) is 17.4 Å². The number of phosphoric acid groups is 1. The molecule has 0 aliphatic heterocycles. The number of aliphatic hydroxyl groups is 1. The normalized spacial score (nSPS) is 15.0. The van der Waals surface area contributed by atoms with E-state index in [4.69, 9.17) is 9.05 Å². The lowest BCUT2D eigenvalue weighted by Gasteiger charge is -2.25. The molecule has 0 aliphatic rings. The first-order valence-corrected chi connectivity index (χ1v) is 20.7. The van der Waals surface area contributed by atoms with Crippen molar-refractivity contribution in [2.24, 2.45) is 0 Å². The van der Waals surface area contributed by atoms with Gasteiger partial charge in [0.05, 0.1) is 39.9 Å². The van der Waals surface area contributed by atoms with Gasteiger partial charge in [-0.1, -0.05) is 134 Å². The van der Waals surface area contributed by atoms with Gasteiger partial charge in [-0.25, -0.2) is 4.57 Å². The van der Waals surface area contributed by atoms with Crippen molar-refractivity contribution in [3.63, 3.8) is 0 Å². The molecule has 0 aliphatic carbocycles. The van der Waals surface area contributed by atoms with E-state index in [-0.39, 0.29) is 19.1 Å². The highest BCUT2D eigenvalue weighted by Crippen LogP contribution is 2.43. The maximum atomic E-state index is 12.7. The molecule has 0 aromatic carbocycles. The van der Waals surface area contributed by atoms with Gasteiger partial charge in [0.15, 0.2) is 0 Å². The van der Waals surface area contributed by atoms with Gasteiger partial charge in [-0.2, -0.15) is 0 Å². The summed E-state index contributed by atoms with van der Waals surface area (Å²) < 4.78 is 23.3. The van der Waals surface area contributed by atoms with Crippen molar-refractivity contribution in [3.05, 3.63) is 24.3 Å². The summed E-state index contributed by atoms with van der Waals surface area (Å²) in [5, 5.41) is 13.6. The fourth-order valence-electron chi connectivity index (χ4n) is 5.27. The van der Waals surface area contributed by atoms with Crippen LogP contribution in [0.3, 0.4) is 0 Å². The van der Waals surface area contributed by atoms with Gasteiger partial charge in [0.25, 0.3) is 0 Å². The molecule has 0 aromatic rings. The van der Waals surface area contributed by atoms with Crippen molar-refractivity contribution < 1.29 is 32.9 Å². The smallest absolute Gasteiger partial charge is 0.387 e. The molecule has 47 heavy (non-hydrogen) atoms. The first-order valence-electron chi connectivity index (χ1n) is 19.2. The monoisotopic (exact) mass is 688 g/mol. The summed E-state index contributed by atoms with van der Waals surface area (Å²) in [6.07, 6.45) is 34.0. The minimum atomic E-state index is -4.32. The van der Waals surface area contributed by atoms with Gasteiger partial charge < -0.3 is 19.8 Å². The summed E-state index contributed by atoms with van der Waals surface area (Å²) in [6.45, 7) is 4.73. The molecule has 0 aromatic heterocycles. The molecule has 3 unspecified atom stereocenters. The van der Waals surface area contributed by atoms with E-state index in [9.17, 15) is 19.4 Å². The molecule has 8 nitrogen and oxygen atoms in total. The third kappa shape index (κ3) is 33.3. The Kier molecular flexibility index (Phi) is 30.3. The standard InChI is InChI=1S/C38H75N2O6P/c1-6-8-10-12-14-15-16-17-18-19-20-21-22-23-24-26-28-30-32-38(42)39-36(37(41)31-29-27-25-13-11-9-7-2)35-46-47(43,44)45-34-33-40(3,4)5/h18-19,29,31,36-37,41H,6-17,20-28,30,32-35H2,1-5H3,(H-,39,42,43,44)/p+1/b19-18-,31-29+. The number of carbonyl (C=O) groups excluding carboxylic acids is 1. The third-order valence-corrected chi connectivity index (χ3v) is 9.40. The number of amides is 1. The van der Waals surface area contributed by atoms with Crippen LogP contribution in [0, 0.1) is 0 Å². The zero-order valence-electron chi connectivity index (χ0n) is 31.3. The van der Waals surface area contributed by atoms with Gasteiger partial charge in [0, 0.05) is 6.42 Å². The molecule has 0 spiro atoms. The Bertz CT molecular complexity index is 829. The number of nitrogens with one attached hydrogen (secondary N) is 1. The van der Waals surface area contributed by atoms with Gasteiger partial charge >= 0.3 is 7.82 Å². The second-order valence-electron chi connectivity index (χ2n) is 14.3. The van der Waals surface area contributed by atoms with Crippen molar-refractivity contribution in [1.82, 2.24) is 5.32 Å². The maximum absolute atomic E-state index is 12.7. The van der Waals surface area contributed by atoms with Crippen LogP contribution in [0.4, 0.5) is 0 Å². The van der Waals surface area contributed by atoms with Crippen LogP contribution < -0.4 is 5.32 Å². The number of unbranched alkanes of at least 4 members (excludes halogenated alkanes) is 19. The van der Waals surface area contributed by atoms with E-state index in [1.54, 1.807) is 6.08 Å². The molecule has 278 valence electrons. The number of hydrogen-bond acceptors (Lipinski definition) is 5. The lowest BCUT2D eigenvalue weighted by Crippen LogP contribution is -2.45. The van der Waals surface area contributed by atoms with Crippen molar-refractivity contribution >= 4 is 13.7 Å². The second-order valence-corrected chi connectivity index (χ2v) is 15.8. The first kappa shape index (κ1) is 46.0. The number of rotatable bonds is 34. The molecule has 0 heterocycles. The summed E-state index contributed by atoms with van der Waals surface area (Å²) >= 11 is 0. The molecular formula is C38H76N2O6P+. The highest BCUT2D eigenvalue weighted by molar-refractivity contribution is 7.47. The van der Waals surface area contributed by atoms with Crippen molar-refractivity contribution in [2.45, 2.75) is 174 Å². The lowest BCUT2D eigenvalue weighted by molar-refractivity contribution is -0.870. The molecule has 0 saturated heterocycles. The van der Waals surface area contributed by atoms with Crippen LogP contribution in [0.1, 0.15) is 162 Å². The van der Waals surface area contributed by atoms with Crippen molar-refractivity contribution in [3.8, 4) is 0 Å². The molecule has 1 amide bonds. The van der Waals surface area contributed by atoms with Crippen LogP contribution in [-0.2, 0) is 18.4 Å². The summed E-state index contributed by atoms with van der Waals surface area (Å²) in [5.41, 5.74) is 0. The van der Waals surface area contributed by atoms with E-state index in [1.165, 1.54) is 103 Å². The number of phosphoric ester groups is 1. The SMILES string of the molecule is CCCCCCC/C=C/C(O)C(COP(=O)(O)OCC[N+](C)(C)C)NC(=O)CCCCCCCCC/C=C\CCCCCCCCC. The van der Waals surface area contributed by atoms with Gasteiger partial charge in [-0.05, 0) is 44.9 Å². The minimum Gasteiger partial charge on any atom is -0.387 e. The highest BCUT2D eigenvalue weighted by atomic mass is 31.2. The van der Waals surface area contributed by atoms with Crippen molar-refractivity contribution in [2.75, 3.05) is 40.9 Å². The number of likely N-dealkylation sites (N-methyl/N-ethyl adjacent to an activating group) is 1. The predicted octanol–water partition coefficient (Wildman–Crippen LogP) is 9.80. The Morgan fingerprint density at radius 2 is 1.15 bits per heavy atom. The van der Waals surface area contributed by atoms with Crippen LogP contribution in [0.5, 0.6) is 0 Å². The van der Waals surface area contributed by atoms with Crippen LogP contribution in [0.15, 0.2) is 24.3 Å². The average Bonchev–Trinajstić information content (AvgIpc) is 3.01. The van der Waals surface area contributed by atoms with Crippen LogP contribution >= 0.6 is 7.82 Å². The Balaban J connectivity index is 4.34. The number of hydrogen-bond donors (Lipinski definition) is 3. The van der Waals surface area contributed by atoms with Gasteiger partial charge in [0.2, 0.25) is 5.91 Å². The maximum Gasteiger partial charge on any atom is 0.472 e. The molecule has 9 heteroatoms. The molecule has 0 saturated carbocycles. The minimum absolute atomic E-state index is 0.0607. The molecule has 0 rings (SSSR count). The Morgan fingerprint density at radius 3 is 1.64 bits per heavy atom. The summed E-state index contributed by atoms with van der Waals surface area (Å²) in [4.78, 5) is 22.9. The number of quaternary nitrogens is 1. The van der Waals surface area contributed by atoms with Crippen LogP contribution in [0.25, 0.3) is 0 Å². The fraction of sp³-hybridized carbons (Fsp3) is 0.868. The first-order chi connectivity index (χ1) is 22.5. The number of nitrogens with zero attached hydrogens (tertiary/aromatic N) is 1. The molecule has 3 atom stereocenters. The molecule has 0 fully saturated rings. The van der Waals surface area contributed by atoms with Gasteiger partial charge in [0.1, 0.15) is 13.2 Å². The summed E-state index contributed by atoms with van der Waals surface area (Å²) in [7, 11) is 1.56. The number of allylic oxidation sites excluding steroid dienone is 3. The Hall–Kier alpha value is -1.02. The van der Waals surface area contributed by atoms with Gasteiger partial charge in [-0.15, -0.1) is 0 Å². The van der Waals surface area contributed by atoms with E-state index >= 15 is 0 Å². The zero-order valence-corrected chi connectivity index (χ0v) is 32.2. The molecular weight excluding hydrogens is 611 g/mol. The van der Waals surface area contributed by atoms with E-state index in [2.05, 4.69) is 31.3 Å². The zero-order chi connectivity index (χ0) is 35.1.